The Morgan fingerprint density at radius 1 is 1.25 bits per heavy atom. The molecule has 0 spiro atoms. The number of nitrogens with two attached hydrogens (primary N) is 2. The fraction of sp³-hybridized carbons (Fsp3) is 0.267. The number of carbonyl (C=O) groups excluding carboxylic acids is 3. The Kier molecular flexibility index (Phi) is 4.65. The topological polar surface area (TPSA) is 129 Å². The van der Waals surface area contributed by atoms with Crippen molar-refractivity contribution >= 4 is 34.4 Å². The molecule has 2 rings (SSSR count). The monoisotopic (exact) mass is 350 g/mol. The largest absolute Gasteiger partial charge is 0.443 e. The molecule has 0 saturated carbocycles. The lowest BCUT2D eigenvalue weighted by atomic mass is 10.2. The number of amides is 3. The van der Waals surface area contributed by atoms with E-state index in [0.29, 0.717) is 10.6 Å². The predicted molar refractivity (Wildman–Crippen MR) is 91.1 cm³/mol. The number of primary amides is 2. The van der Waals surface area contributed by atoms with Crippen molar-refractivity contribution < 1.29 is 19.1 Å². The minimum Gasteiger partial charge on any atom is -0.443 e. The van der Waals surface area contributed by atoms with Gasteiger partial charge in [-0.05, 0) is 39.0 Å². The average molecular weight is 350 g/mol. The third-order valence-electron chi connectivity index (χ3n) is 2.83. The van der Waals surface area contributed by atoms with Crippen LogP contribution in [-0.2, 0) is 4.74 Å². The van der Waals surface area contributed by atoms with E-state index in [2.05, 4.69) is 5.32 Å². The summed E-state index contributed by atoms with van der Waals surface area (Å²) < 4.78 is 6.66. The minimum atomic E-state index is -0.812. The van der Waals surface area contributed by atoms with Crippen LogP contribution in [0.25, 0.3) is 10.6 Å². The molecular weight excluding hydrogens is 332 g/mol. The number of aromatic nitrogens is 1. The zero-order valence-electron chi connectivity index (χ0n) is 13.5. The van der Waals surface area contributed by atoms with Crippen LogP contribution in [0.4, 0.5) is 14.6 Å². The SMILES string of the molecule is CC(C)(C)OC(=O)n1cccc1-c1cc(C(N)=O)c(NC(N)=O)s1. The molecule has 3 amide bonds. The van der Waals surface area contributed by atoms with Crippen LogP contribution >= 0.6 is 11.3 Å². The highest BCUT2D eigenvalue weighted by Crippen LogP contribution is 2.35. The van der Waals surface area contributed by atoms with E-state index in [1.807, 2.05) is 0 Å². The van der Waals surface area contributed by atoms with Crippen LogP contribution in [-0.4, -0.2) is 28.2 Å². The number of anilines is 1. The Hall–Kier alpha value is -2.81. The summed E-state index contributed by atoms with van der Waals surface area (Å²) in [6.07, 6.45) is 0.995. The fourth-order valence-corrected chi connectivity index (χ4v) is 3.05. The fourth-order valence-electron chi connectivity index (χ4n) is 1.96. The smallest absolute Gasteiger partial charge is 0.419 e. The summed E-state index contributed by atoms with van der Waals surface area (Å²) in [6, 6.07) is 4.04. The van der Waals surface area contributed by atoms with Crippen LogP contribution in [0, 0.1) is 0 Å². The average Bonchev–Trinajstić information content (AvgIpc) is 3.01. The Morgan fingerprint density at radius 2 is 1.92 bits per heavy atom. The summed E-state index contributed by atoms with van der Waals surface area (Å²) in [6.45, 7) is 5.29. The lowest BCUT2D eigenvalue weighted by Crippen LogP contribution is -2.27. The van der Waals surface area contributed by atoms with Gasteiger partial charge in [0.15, 0.2) is 0 Å². The number of nitrogens with zero attached hydrogens (tertiary/aromatic N) is 1. The molecule has 0 unspecified atom stereocenters. The molecule has 5 N–H and O–H groups in total. The first-order valence-electron chi connectivity index (χ1n) is 6.99. The first-order chi connectivity index (χ1) is 11.1. The lowest BCUT2D eigenvalue weighted by Gasteiger charge is -2.20. The Morgan fingerprint density at radius 3 is 2.46 bits per heavy atom. The van der Waals surface area contributed by atoms with E-state index < -0.39 is 23.6 Å². The van der Waals surface area contributed by atoms with E-state index >= 15 is 0 Å². The molecule has 0 fully saturated rings. The Balaban J connectivity index is 2.43. The summed E-state index contributed by atoms with van der Waals surface area (Å²) in [4.78, 5) is 35.4. The third kappa shape index (κ3) is 3.93. The molecule has 0 bridgehead atoms. The predicted octanol–water partition coefficient (Wildman–Crippen LogP) is 2.59. The van der Waals surface area contributed by atoms with Crippen molar-refractivity contribution in [2.45, 2.75) is 26.4 Å². The van der Waals surface area contributed by atoms with Crippen molar-refractivity contribution in [3.05, 3.63) is 30.0 Å². The summed E-state index contributed by atoms with van der Waals surface area (Å²) in [7, 11) is 0. The Bertz CT molecular complexity index is 801. The van der Waals surface area contributed by atoms with Gasteiger partial charge in [0.25, 0.3) is 5.91 Å². The van der Waals surface area contributed by atoms with Gasteiger partial charge in [-0.25, -0.2) is 9.59 Å². The number of hydrogen-bond donors (Lipinski definition) is 3. The van der Waals surface area contributed by atoms with Crippen molar-refractivity contribution in [1.82, 2.24) is 4.57 Å². The summed E-state index contributed by atoms with van der Waals surface area (Å²) in [5.41, 5.74) is 10.4. The first-order valence-corrected chi connectivity index (χ1v) is 7.81. The standard InChI is InChI=1S/C15H18N4O4S/c1-15(2,3)23-14(22)19-6-4-5-9(19)10-7-8(11(16)20)12(24-10)18-13(17)21/h4-7H,1-3H3,(H2,16,20)(H3,17,18,21). The minimum absolute atomic E-state index is 0.116. The van der Waals surface area contributed by atoms with Crippen LogP contribution in [0.5, 0.6) is 0 Å². The molecule has 0 aliphatic carbocycles. The molecule has 0 atom stereocenters. The number of carbonyl (C=O) groups is 3. The van der Waals surface area contributed by atoms with Gasteiger partial charge in [0, 0.05) is 6.20 Å². The molecule has 0 aliphatic heterocycles. The highest BCUT2D eigenvalue weighted by atomic mass is 32.1. The van der Waals surface area contributed by atoms with E-state index in [1.54, 1.807) is 39.1 Å². The van der Waals surface area contributed by atoms with Gasteiger partial charge in [-0.15, -0.1) is 11.3 Å². The summed E-state index contributed by atoms with van der Waals surface area (Å²) in [5, 5.41) is 2.58. The van der Waals surface area contributed by atoms with Gasteiger partial charge < -0.3 is 16.2 Å². The van der Waals surface area contributed by atoms with Crippen LogP contribution < -0.4 is 16.8 Å². The van der Waals surface area contributed by atoms with Crippen molar-refractivity contribution in [3.8, 4) is 10.6 Å². The summed E-state index contributed by atoms with van der Waals surface area (Å²) in [5.74, 6) is -0.711. The molecular formula is C15H18N4O4S. The zero-order valence-corrected chi connectivity index (χ0v) is 14.3. The summed E-state index contributed by atoms with van der Waals surface area (Å²) >= 11 is 1.08. The number of urea groups is 1. The van der Waals surface area contributed by atoms with E-state index in [9.17, 15) is 14.4 Å². The van der Waals surface area contributed by atoms with Gasteiger partial charge in [-0.3, -0.25) is 14.7 Å². The van der Waals surface area contributed by atoms with Gasteiger partial charge in [0.2, 0.25) is 0 Å². The molecule has 0 aromatic carbocycles. The number of thiophene rings is 1. The van der Waals surface area contributed by atoms with Crippen molar-refractivity contribution in [1.29, 1.82) is 0 Å². The Labute approximate surface area is 142 Å². The number of ether oxygens (including phenoxy) is 1. The lowest BCUT2D eigenvalue weighted by molar-refractivity contribution is 0.0540. The maximum atomic E-state index is 12.3. The van der Waals surface area contributed by atoms with Gasteiger partial charge in [0.1, 0.15) is 10.6 Å². The van der Waals surface area contributed by atoms with Gasteiger partial charge in [-0.2, -0.15) is 0 Å². The molecule has 0 saturated heterocycles. The quantitative estimate of drug-likeness (QED) is 0.785. The highest BCUT2D eigenvalue weighted by Gasteiger charge is 2.22. The van der Waals surface area contributed by atoms with Crippen LogP contribution in [0.2, 0.25) is 0 Å². The van der Waals surface area contributed by atoms with E-state index in [-0.39, 0.29) is 10.6 Å². The molecule has 24 heavy (non-hydrogen) atoms. The highest BCUT2D eigenvalue weighted by molar-refractivity contribution is 7.20. The normalized spacial score (nSPS) is 11.1. The maximum absolute atomic E-state index is 12.3. The second-order valence-corrected chi connectivity index (χ2v) is 7.00. The number of rotatable bonds is 3. The first kappa shape index (κ1) is 17.5. The maximum Gasteiger partial charge on any atom is 0.419 e. The molecule has 8 nitrogen and oxygen atoms in total. The molecule has 0 aliphatic rings. The van der Waals surface area contributed by atoms with Crippen molar-refractivity contribution in [2.24, 2.45) is 11.5 Å². The van der Waals surface area contributed by atoms with Gasteiger partial charge >= 0.3 is 12.1 Å². The van der Waals surface area contributed by atoms with Crippen molar-refractivity contribution in [3.63, 3.8) is 0 Å². The van der Waals surface area contributed by atoms with Gasteiger partial charge in [-0.1, -0.05) is 0 Å². The molecule has 2 aromatic heterocycles. The zero-order chi connectivity index (χ0) is 18.1. The molecule has 9 heteroatoms. The van der Waals surface area contributed by atoms with Crippen LogP contribution in [0.1, 0.15) is 31.1 Å². The van der Waals surface area contributed by atoms with E-state index in [1.165, 1.54) is 10.6 Å². The van der Waals surface area contributed by atoms with Crippen molar-refractivity contribution in [2.75, 3.05) is 5.32 Å². The molecule has 2 heterocycles. The molecule has 128 valence electrons. The number of nitrogens with one attached hydrogen (secondary N) is 1. The molecule has 0 radical (unpaired) electrons. The van der Waals surface area contributed by atoms with E-state index in [0.717, 1.165) is 11.3 Å². The second-order valence-electron chi connectivity index (χ2n) is 5.95. The van der Waals surface area contributed by atoms with Gasteiger partial charge in [0.05, 0.1) is 16.1 Å². The second kappa shape index (κ2) is 6.36. The van der Waals surface area contributed by atoms with E-state index in [4.69, 9.17) is 16.2 Å². The molecule has 2 aromatic rings. The third-order valence-corrected chi connectivity index (χ3v) is 3.90. The number of hydrogen-bond acceptors (Lipinski definition) is 5. The van der Waals surface area contributed by atoms with Crippen LogP contribution in [0.3, 0.4) is 0 Å². The van der Waals surface area contributed by atoms with Crippen LogP contribution in [0.15, 0.2) is 24.4 Å².